The lowest BCUT2D eigenvalue weighted by Crippen LogP contribution is -2.50. The van der Waals surface area contributed by atoms with Gasteiger partial charge in [-0.15, -0.1) is 11.3 Å². The summed E-state index contributed by atoms with van der Waals surface area (Å²) in [6.45, 7) is 16.9. The van der Waals surface area contributed by atoms with Gasteiger partial charge in [0.15, 0.2) is 11.9 Å². The molecule has 20 heteroatoms. The lowest BCUT2D eigenvalue weighted by Gasteiger charge is -2.39. The Bertz CT molecular complexity index is 2340. The second-order valence-corrected chi connectivity index (χ2v) is 22.4. The molecule has 0 spiro atoms. The number of ketones is 1. The molecular weight excluding hydrogens is 1000 g/mol. The van der Waals surface area contributed by atoms with Crippen molar-refractivity contribution in [1.29, 1.82) is 0 Å². The number of carboxylic acids is 1. The summed E-state index contributed by atoms with van der Waals surface area (Å²) in [6.07, 6.45) is 8.21. The zero-order chi connectivity index (χ0) is 56.9. The van der Waals surface area contributed by atoms with Gasteiger partial charge in [0.2, 0.25) is 17.7 Å². The number of aliphatic carboxylic acids is 1. The topological polar surface area (TPSA) is 268 Å². The van der Waals surface area contributed by atoms with Crippen molar-refractivity contribution in [3.8, 4) is 0 Å². The minimum atomic E-state index is -1.03. The Balaban J connectivity index is 1.44. The summed E-state index contributed by atoms with van der Waals surface area (Å²) in [7, 11) is 1.98. The highest BCUT2D eigenvalue weighted by Gasteiger charge is 2.39. The molecule has 6 amide bonds. The number of hydrogen-bond acceptors (Lipinski definition) is 14. The molecule has 1 unspecified atom stereocenters. The molecule has 19 nitrogen and oxygen atoms in total. The van der Waals surface area contributed by atoms with Crippen LogP contribution in [0.5, 0.6) is 0 Å². The largest absolute Gasteiger partial charge is 0.481 e. The van der Waals surface area contributed by atoms with Crippen molar-refractivity contribution >= 4 is 70.2 Å². The third-order valence-corrected chi connectivity index (χ3v) is 16.0. The molecule has 2 aliphatic heterocycles. The van der Waals surface area contributed by atoms with Gasteiger partial charge >= 0.3 is 11.9 Å². The van der Waals surface area contributed by atoms with Crippen molar-refractivity contribution in [2.45, 2.75) is 176 Å². The van der Waals surface area contributed by atoms with E-state index in [0.717, 1.165) is 41.2 Å². The lowest BCUT2D eigenvalue weighted by molar-refractivity contribution is -0.150. The fourth-order valence-corrected chi connectivity index (χ4v) is 11.0. The Morgan fingerprint density at radius 2 is 1.62 bits per heavy atom. The van der Waals surface area contributed by atoms with Gasteiger partial charge in [0.25, 0.3) is 17.7 Å². The number of imide groups is 1. The van der Waals surface area contributed by atoms with Gasteiger partial charge in [0, 0.05) is 80.5 Å². The van der Waals surface area contributed by atoms with Crippen LogP contribution in [0.1, 0.15) is 166 Å². The molecule has 1 aromatic heterocycles. The van der Waals surface area contributed by atoms with Crippen LogP contribution in [-0.2, 0) is 49.5 Å². The Labute approximate surface area is 459 Å². The Morgan fingerprint density at radius 1 is 0.935 bits per heavy atom. The number of Topliss-reactive ketones (excluding diaryl/α,β-unsaturated/α-hetero) is 1. The lowest BCUT2D eigenvalue weighted by atomic mass is 9.81. The van der Waals surface area contributed by atoms with Crippen LogP contribution in [0.3, 0.4) is 0 Å². The number of carboxylic acid groups (broad SMARTS) is 1. The standard InChI is InChI=1S/C57H86N8O11S/c1-10-37(6)43(32-48(67)47-29-36(5)25-28-63(47)9)56(73)64(11-2)46(35(3)4)33-49(76-39(8)66)55-62-45(34-77-55)54(72)60-42(30-38(7)57(74)75)31-40-19-21-41(22-20-40)59-53(71)44(17-14-15-26-58)61-50(68)18-13-12-16-27-65-51(69)23-24-52(65)70/h19-24,34-38,42-44,46-47,49H,10-18,25-33,58H2,1-9H3,(H,59,71)(H,60,72)(H,61,68)(H,74,75)/t36-,37+,38+,42-,43+,44+,46-,47?,49-/m1/s1. The summed E-state index contributed by atoms with van der Waals surface area (Å²) >= 11 is 1.14. The van der Waals surface area contributed by atoms with E-state index in [1.165, 1.54) is 19.1 Å². The van der Waals surface area contributed by atoms with Crippen LogP contribution in [-0.4, -0.2) is 135 Å². The van der Waals surface area contributed by atoms with Gasteiger partial charge in [-0.25, -0.2) is 4.98 Å². The van der Waals surface area contributed by atoms with Crippen LogP contribution >= 0.6 is 11.3 Å². The fraction of sp³-hybridized carbons (Fsp3) is 0.649. The van der Waals surface area contributed by atoms with Crippen molar-refractivity contribution in [1.82, 2.24) is 30.3 Å². The quantitative estimate of drug-likeness (QED) is 0.0278. The number of esters is 1. The van der Waals surface area contributed by atoms with Crippen LogP contribution in [0.15, 0.2) is 41.8 Å². The number of nitrogens with two attached hydrogens (primary N) is 1. The molecule has 1 fully saturated rings. The second-order valence-electron chi connectivity index (χ2n) is 21.5. The van der Waals surface area contributed by atoms with E-state index in [4.69, 9.17) is 10.5 Å². The number of nitrogens with zero attached hydrogens (tertiary/aromatic N) is 4. The number of carbonyl (C=O) groups excluding carboxylic acids is 8. The molecule has 0 aliphatic carbocycles. The maximum absolute atomic E-state index is 14.7. The van der Waals surface area contributed by atoms with Crippen molar-refractivity contribution in [2.75, 3.05) is 38.5 Å². The molecule has 6 N–H and O–H groups in total. The first-order chi connectivity index (χ1) is 36.6. The maximum atomic E-state index is 14.7. The minimum Gasteiger partial charge on any atom is -0.481 e. The highest BCUT2D eigenvalue weighted by atomic mass is 32.1. The first-order valence-corrected chi connectivity index (χ1v) is 28.6. The first-order valence-electron chi connectivity index (χ1n) is 27.7. The van der Waals surface area contributed by atoms with Gasteiger partial charge in [-0.3, -0.25) is 53.0 Å². The molecule has 3 heterocycles. The van der Waals surface area contributed by atoms with Crippen LogP contribution in [0.25, 0.3) is 0 Å². The van der Waals surface area contributed by atoms with E-state index in [-0.39, 0.29) is 91.6 Å². The van der Waals surface area contributed by atoms with Gasteiger partial charge in [0.05, 0.1) is 12.0 Å². The molecule has 1 saturated heterocycles. The van der Waals surface area contributed by atoms with E-state index < -0.39 is 59.8 Å². The van der Waals surface area contributed by atoms with Gasteiger partial charge in [-0.2, -0.15) is 0 Å². The molecule has 1 aromatic carbocycles. The normalized spacial score (nSPS) is 18.5. The molecule has 426 valence electrons. The summed E-state index contributed by atoms with van der Waals surface area (Å²) in [6, 6.07) is 4.78. The summed E-state index contributed by atoms with van der Waals surface area (Å²) in [5.74, 6) is -4.65. The molecule has 9 atom stereocenters. The SMILES string of the molecule is CC[C@H](C)[C@H](CC(=O)C1C[C@H](C)CCN1C)C(=O)N(CC)[C@H](C[C@@H](OC(C)=O)c1nc(C(=O)N[C@@H](Cc2ccc(NC(=O)[C@H](CCCCN)NC(=O)CCCCCN3C(=O)C=CC3=O)cc2)C[C@H](C)C(=O)O)cs1)C(C)C. The van der Waals surface area contributed by atoms with Crippen LogP contribution in [0, 0.1) is 29.6 Å². The molecular formula is C57H86N8O11S. The highest BCUT2D eigenvalue weighted by molar-refractivity contribution is 7.09. The average molecular weight is 1090 g/mol. The zero-order valence-electron chi connectivity index (χ0n) is 46.8. The predicted molar refractivity (Wildman–Crippen MR) is 295 cm³/mol. The van der Waals surface area contributed by atoms with Crippen molar-refractivity contribution in [2.24, 2.45) is 35.3 Å². The number of anilines is 1. The summed E-state index contributed by atoms with van der Waals surface area (Å²) < 4.78 is 5.89. The molecule has 4 rings (SSSR count). The highest BCUT2D eigenvalue weighted by Crippen LogP contribution is 2.34. The third-order valence-electron chi connectivity index (χ3n) is 15.0. The molecule has 2 aromatic rings. The number of carbonyl (C=O) groups is 9. The number of ether oxygens (including phenoxy) is 1. The maximum Gasteiger partial charge on any atom is 0.306 e. The number of nitrogens with one attached hydrogen (secondary N) is 3. The smallest absolute Gasteiger partial charge is 0.306 e. The number of likely N-dealkylation sites (N-methyl/N-ethyl adjacent to an activating group) is 1. The van der Waals surface area contributed by atoms with E-state index in [2.05, 4.69) is 32.8 Å². The third kappa shape index (κ3) is 19.8. The number of benzene rings is 1. The Morgan fingerprint density at radius 3 is 2.23 bits per heavy atom. The van der Waals surface area contributed by atoms with Gasteiger partial charge in [-0.05, 0) is 120 Å². The van der Waals surface area contributed by atoms with E-state index in [9.17, 15) is 48.3 Å². The number of unbranched alkanes of at least 4 members (excludes halogenated alkanes) is 3. The fourth-order valence-electron chi connectivity index (χ4n) is 10.1. The number of thiazole rings is 1. The monoisotopic (exact) mass is 1090 g/mol. The number of likely N-dealkylation sites (tertiary alicyclic amines) is 1. The second kappa shape index (κ2) is 31.5. The number of hydrogen-bond donors (Lipinski definition) is 5. The number of piperidine rings is 1. The molecule has 0 bridgehead atoms. The number of rotatable bonds is 33. The first kappa shape index (κ1) is 63.7. The zero-order valence-corrected chi connectivity index (χ0v) is 47.7. The van der Waals surface area contributed by atoms with Gasteiger partial charge in [0.1, 0.15) is 16.7 Å². The summed E-state index contributed by atoms with van der Waals surface area (Å²) in [4.78, 5) is 127. The molecule has 2 aliphatic rings. The van der Waals surface area contributed by atoms with E-state index >= 15 is 0 Å². The molecule has 0 radical (unpaired) electrons. The van der Waals surface area contributed by atoms with Crippen molar-refractivity contribution in [3.63, 3.8) is 0 Å². The van der Waals surface area contributed by atoms with Crippen molar-refractivity contribution < 1.29 is 53.0 Å². The predicted octanol–water partition coefficient (Wildman–Crippen LogP) is 6.85. The van der Waals surface area contributed by atoms with Gasteiger partial charge in [-0.1, -0.05) is 66.5 Å². The molecule has 77 heavy (non-hydrogen) atoms. The van der Waals surface area contributed by atoms with Gasteiger partial charge < -0.3 is 36.4 Å². The minimum absolute atomic E-state index is 0.0498. The average Bonchev–Trinajstić information content (AvgIpc) is 4.01. The number of aromatic nitrogens is 1. The van der Waals surface area contributed by atoms with Crippen LogP contribution in [0.4, 0.5) is 5.69 Å². The number of amides is 6. The van der Waals surface area contributed by atoms with E-state index in [1.54, 1.807) is 36.6 Å². The van der Waals surface area contributed by atoms with Crippen LogP contribution in [0.2, 0.25) is 0 Å². The van der Waals surface area contributed by atoms with E-state index in [0.29, 0.717) is 74.6 Å². The van der Waals surface area contributed by atoms with E-state index in [1.807, 2.05) is 46.6 Å². The summed E-state index contributed by atoms with van der Waals surface area (Å²) in [5, 5.41) is 20.5. The Hall–Kier alpha value is -5.86. The summed E-state index contributed by atoms with van der Waals surface area (Å²) in [5.41, 5.74) is 6.96. The Kier molecular flexibility index (Phi) is 26.1. The van der Waals surface area contributed by atoms with Crippen LogP contribution < -0.4 is 21.7 Å². The van der Waals surface area contributed by atoms with Crippen molar-refractivity contribution in [3.05, 3.63) is 58.1 Å². The molecule has 0 saturated carbocycles.